The van der Waals surface area contributed by atoms with Gasteiger partial charge in [0.25, 0.3) is 0 Å². The maximum absolute atomic E-state index is 12.9. The zero-order valence-electron chi connectivity index (χ0n) is 16.4. The molecule has 0 atom stereocenters. The average Bonchev–Trinajstić information content (AvgIpc) is 3.22. The lowest BCUT2D eigenvalue weighted by molar-refractivity contribution is 0.626. The van der Waals surface area contributed by atoms with Crippen molar-refractivity contribution in [3.05, 3.63) is 72.6 Å². The molecule has 29 heavy (non-hydrogen) atoms. The Hall–Kier alpha value is -2.87. The monoisotopic (exact) mass is 412 g/mol. The number of guanidine groups is 1. The first kappa shape index (κ1) is 20.9. The van der Waals surface area contributed by atoms with Crippen molar-refractivity contribution >= 4 is 17.7 Å². The van der Waals surface area contributed by atoms with Crippen LogP contribution in [0.2, 0.25) is 0 Å². The Morgan fingerprint density at radius 3 is 2.66 bits per heavy atom. The first-order chi connectivity index (χ1) is 14.3. The van der Waals surface area contributed by atoms with E-state index in [1.54, 1.807) is 18.1 Å². The van der Waals surface area contributed by atoms with E-state index in [0.717, 1.165) is 47.6 Å². The van der Waals surface area contributed by atoms with Gasteiger partial charge in [0.15, 0.2) is 11.8 Å². The van der Waals surface area contributed by atoms with Gasteiger partial charge in [0, 0.05) is 23.7 Å². The van der Waals surface area contributed by atoms with E-state index in [0.29, 0.717) is 6.54 Å². The molecule has 0 amide bonds. The fraction of sp³-hybridized carbons (Fsp3) is 0.286. The standard InChI is InChI=1S/C21H25FN6S/c1-2-23-21(24-13-6-14-29-19-11-9-17(22)10-12-19)25-15-20-27-26-16-28(20)18-7-4-3-5-8-18/h3-5,7-12,16H,2,6,13-15H2,1H3,(H2,23,24,25). The van der Waals surface area contributed by atoms with Gasteiger partial charge in [-0.3, -0.25) is 4.57 Å². The van der Waals surface area contributed by atoms with Crippen LogP contribution in [0.1, 0.15) is 19.2 Å². The molecule has 0 saturated carbocycles. The lowest BCUT2D eigenvalue weighted by Crippen LogP contribution is -2.38. The van der Waals surface area contributed by atoms with Crippen molar-refractivity contribution in [1.29, 1.82) is 0 Å². The number of rotatable bonds is 9. The quantitative estimate of drug-likeness (QED) is 0.243. The van der Waals surface area contributed by atoms with Gasteiger partial charge in [-0.1, -0.05) is 18.2 Å². The fourth-order valence-electron chi connectivity index (χ4n) is 2.66. The first-order valence-corrected chi connectivity index (χ1v) is 10.6. The van der Waals surface area contributed by atoms with E-state index in [1.165, 1.54) is 12.1 Å². The van der Waals surface area contributed by atoms with Crippen LogP contribution in [0.5, 0.6) is 0 Å². The number of nitrogens with one attached hydrogen (secondary N) is 2. The van der Waals surface area contributed by atoms with Crippen molar-refractivity contribution in [2.45, 2.75) is 24.8 Å². The number of hydrogen-bond donors (Lipinski definition) is 2. The van der Waals surface area contributed by atoms with Gasteiger partial charge in [-0.05, 0) is 55.5 Å². The minimum Gasteiger partial charge on any atom is -0.357 e. The van der Waals surface area contributed by atoms with E-state index in [2.05, 4.69) is 25.8 Å². The highest BCUT2D eigenvalue weighted by atomic mass is 32.2. The molecule has 3 rings (SSSR count). The topological polar surface area (TPSA) is 67.1 Å². The van der Waals surface area contributed by atoms with E-state index >= 15 is 0 Å². The highest BCUT2D eigenvalue weighted by Crippen LogP contribution is 2.18. The second-order valence-corrected chi connectivity index (χ2v) is 7.40. The number of nitrogens with zero attached hydrogens (tertiary/aromatic N) is 4. The molecule has 3 aromatic rings. The summed E-state index contributed by atoms with van der Waals surface area (Å²) in [6.45, 7) is 4.04. The number of benzene rings is 2. The molecule has 0 aliphatic heterocycles. The van der Waals surface area contributed by atoms with E-state index in [1.807, 2.05) is 54.0 Å². The summed E-state index contributed by atoms with van der Waals surface area (Å²) in [4.78, 5) is 5.71. The minimum absolute atomic E-state index is 0.203. The summed E-state index contributed by atoms with van der Waals surface area (Å²) in [5.74, 6) is 2.27. The number of aliphatic imine (C=N–C) groups is 1. The predicted molar refractivity (Wildman–Crippen MR) is 116 cm³/mol. The second kappa shape index (κ2) is 11.2. The molecule has 0 bridgehead atoms. The molecule has 1 heterocycles. The third-order valence-electron chi connectivity index (χ3n) is 4.07. The van der Waals surface area contributed by atoms with E-state index in [-0.39, 0.29) is 5.82 Å². The number of aromatic nitrogens is 3. The zero-order valence-corrected chi connectivity index (χ0v) is 17.2. The Labute approximate surface area is 174 Å². The molecule has 152 valence electrons. The van der Waals surface area contributed by atoms with Gasteiger partial charge in [0.1, 0.15) is 18.7 Å². The van der Waals surface area contributed by atoms with Crippen LogP contribution in [0.25, 0.3) is 5.69 Å². The van der Waals surface area contributed by atoms with Crippen LogP contribution >= 0.6 is 11.8 Å². The van der Waals surface area contributed by atoms with Crippen molar-refractivity contribution in [3.63, 3.8) is 0 Å². The van der Waals surface area contributed by atoms with Crippen molar-refractivity contribution in [2.75, 3.05) is 18.8 Å². The summed E-state index contributed by atoms with van der Waals surface area (Å²) in [5.41, 5.74) is 1.01. The minimum atomic E-state index is -0.203. The van der Waals surface area contributed by atoms with Crippen LogP contribution < -0.4 is 10.6 Å². The first-order valence-electron chi connectivity index (χ1n) is 9.61. The summed E-state index contributed by atoms with van der Waals surface area (Å²) in [7, 11) is 0. The van der Waals surface area contributed by atoms with E-state index in [4.69, 9.17) is 0 Å². The fourth-order valence-corrected chi connectivity index (χ4v) is 3.52. The normalized spacial score (nSPS) is 11.4. The Morgan fingerprint density at radius 2 is 1.90 bits per heavy atom. The molecule has 8 heteroatoms. The Kier molecular flexibility index (Phi) is 8.06. The molecule has 2 aromatic carbocycles. The molecule has 2 N–H and O–H groups in total. The van der Waals surface area contributed by atoms with Crippen LogP contribution in [0.4, 0.5) is 4.39 Å². The number of thioether (sulfide) groups is 1. The lowest BCUT2D eigenvalue weighted by atomic mass is 10.3. The van der Waals surface area contributed by atoms with Crippen molar-refractivity contribution in [3.8, 4) is 5.69 Å². The highest BCUT2D eigenvalue weighted by molar-refractivity contribution is 7.99. The zero-order chi connectivity index (χ0) is 20.3. The number of para-hydroxylation sites is 1. The van der Waals surface area contributed by atoms with Crippen LogP contribution in [-0.2, 0) is 6.54 Å². The third kappa shape index (κ3) is 6.60. The molecule has 1 aromatic heterocycles. The second-order valence-electron chi connectivity index (χ2n) is 6.23. The highest BCUT2D eigenvalue weighted by Gasteiger charge is 2.06. The molecule has 0 radical (unpaired) electrons. The maximum atomic E-state index is 12.9. The molecule has 0 unspecified atom stereocenters. The predicted octanol–water partition coefficient (Wildman–Crippen LogP) is 3.64. The molecular weight excluding hydrogens is 387 g/mol. The van der Waals surface area contributed by atoms with Crippen molar-refractivity contribution in [1.82, 2.24) is 25.4 Å². The molecular formula is C21H25FN6S. The molecule has 0 aliphatic carbocycles. The van der Waals surface area contributed by atoms with Gasteiger partial charge in [0.05, 0.1) is 0 Å². The smallest absolute Gasteiger partial charge is 0.191 e. The van der Waals surface area contributed by atoms with Gasteiger partial charge in [0.2, 0.25) is 0 Å². The molecule has 0 spiro atoms. The Balaban J connectivity index is 1.49. The third-order valence-corrected chi connectivity index (χ3v) is 5.17. The average molecular weight is 413 g/mol. The van der Waals surface area contributed by atoms with Crippen LogP contribution in [-0.4, -0.2) is 39.6 Å². The SMILES string of the molecule is CCNC(=NCc1nncn1-c1ccccc1)NCCCSc1ccc(F)cc1. The van der Waals surface area contributed by atoms with Crippen LogP contribution in [0, 0.1) is 5.82 Å². The van der Waals surface area contributed by atoms with E-state index < -0.39 is 0 Å². The largest absolute Gasteiger partial charge is 0.357 e. The van der Waals surface area contributed by atoms with E-state index in [9.17, 15) is 4.39 Å². The summed E-state index contributed by atoms with van der Waals surface area (Å²) < 4.78 is 14.9. The van der Waals surface area contributed by atoms with Gasteiger partial charge in [-0.2, -0.15) is 0 Å². The number of hydrogen-bond acceptors (Lipinski definition) is 4. The summed E-state index contributed by atoms with van der Waals surface area (Å²) >= 11 is 1.72. The summed E-state index contributed by atoms with van der Waals surface area (Å²) in [6.07, 6.45) is 2.67. The van der Waals surface area contributed by atoms with Gasteiger partial charge in [-0.25, -0.2) is 9.38 Å². The van der Waals surface area contributed by atoms with Crippen molar-refractivity contribution < 1.29 is 4.39 Å². The van der Waals surface area contributed by atoms with Crippen LogP contribution in [0.3, 0.4) is 0 Å². The molecule has 0 fully saturated rings. The van der Waals surface area contributed by atoms with Gasteiger partial charge >= 0.3 is 0 Å². The lowest BCUT2D eigenvalue weighted by Gasteiger charge is -2.11. The molecule has 0 saturated heterocycles. The molecule has 6 nitrogen and oxygen atoms in total. The Morgan fingerprint density at radius 1 is 1.10 bits per heavy atom. The van der Waals surface area contributed by atoms with Crippen LogP contribution in [0.15, 0.2) is 70.8 Å². The summed E-state index contributed by atoms with van der Waals surface area (Å²) in [6, 6.07) is 16.6. The van der Waals surface area contributed by atoms with Gasteiger partial charge in [-0.15, -0.1) is 22.0 Å². The maximum Gasteiger partial charge on any atom is 0.191 e. The molecule has 0 aliphatic rings. The Bertz CT molecular complexity index is 895. The number of halogens is 1. The summed E-state index contributed by atoms with van der Waals surface area (Å²) in [5, 5.41) is 14.8. The van der Waals surface area contributed by atoms with Crippen molar-refractivity contribution in [2.24, 2.45) is 4.99 Å². The van der Waals surface area contributed by atoms with Gasteiger partial charge < -0.3 is 10.6 Å².